The van der Waals surface area contributed by atoms with Crippen LogP contribution in [0.5, 0.6) is 5.75 Å². The van der Waals surface area contributed by atoms with Gasteiger partial charge in [-0.1, -0.05) is 6.07 Å². The number of amides is 2. The number of carbonyl (C=O) groups excluding carboxylic acids is 3. The molecule has 0 aliphatic heterocycles. The second-order valence-electron chi connectivity index (χ2n) is 9.32. The molecule has 0 heterocycles. The maximum atomic E-state index is 12.5. The van der Waals surface area contributed by atoms with E-state index in [1.54, 1.807) is 18.2 Å². The van der Waals surface area contributed by atoms with Gasteiger partial charge in [-0.2, -0.15) is 0 Å². The largest absolute Gasteiger partial charge is 0.427 e. The molecule has 0 radical (unpaired) electrons. The van der Waals surface area contributed by atoms with Crippen LogP contribution in [0.2, 0.25) is 0 Å². The quantitative estimate of drug-likeness (QED) is 0.420. The summed E-state index contributed by atoms with van der Waals surface area (Å²) in [6.07, 6.45) is 8.45. The van der Waals surface area contributed by atoms with Crippen molar-refractivity contribution in [2.75, 3.05) is 13.1 Å². The van der Waals surface area contributed by atoms with Gasteiger partial charge in [0.25, 0.3) is 5.91 Å². The van der Waals surface area contributed by atoms with Gasteiger partial charge >= 0.3 is 5.97 Å². The van der Waals surface area contributed by atoms with Crippen LogP contribution < -0.4 is 15.4 Å². The van der Waals surface area contributed by atoms with Gasteiger partial charge in [0.15, 0.2) is 0 Å². The van der Waals surface area contributed by atoms with Gasteiger partial charge in [0.05, 0.1) is 0 Å². The Morgan fingerprint density at radius 2 is 1.62 bits per heavy atom. The zero-order valence-corrected chi connectivity index (χ0v) is 17.0. The van der Waals surface area contributed by atoms with E-state index in [4.69, 9.17) is 4.74 Å². The summed E-state index contributed by atoms with van der Waals surface area (Å²) in [5, 5.41) is 5.78. The number of hydrogen-bond acceptors (Lipinski definition) is 4. The van der Waals surface area contributed by atoms with Crippen molar-refractivity contribution < 1.29 is 19.1 Å². The first-order chi connectivity index (χ1) is 13.9. The lowest BCUT2D eigenvalue weighted by atomic mass is 9.49. The highest BCUT2D eigenvalue weighted by Crippen LogP contribution is 2.61. The SMILES string of the molecule is CC(=O)Oc1cccc(C(=O)NCCNC(=O)CC23CC4CC(CC(C4)C2)C3)c1. The summed E-state index contributed by atoms with van der Waals surface area (Å²) in [5.74, 6) is 2.30. The van der Waals surface area contributed by atoms with Crippen LogP contribution in [-0.4, -0.2) is 30.9 Å². The predicted octanol–water partition coefficient (Wildman–Crippen LogP) is 3.06. The summed E-state index contributed by atoms with van der Waals surface area (Å²) < 4.78 is 5.00. The number of esters is 1. The normalized spacial score (nSPS) is 29.3. The van der Waals surface area contributed by atoms with E-state index in [9.17, 15) is 14.4 Å². The fraction of sp³-hybridized carbons (Fsp3) is 0.609. The molecular formula is C23H30N2O4. The highest BCUT2D eigenvalue weighted by molar-refractivity contribution is 5.94. The number of nitrogens with one attached hydrogen (secondary N) is 2. The molecule has 0 saturated heterocycles. The highest BCUT2D eigenvalue weighted by atomic mass is 16.5. The summed E-state index contributed by atoms with van der Waals surface area (Å²) in [5.41, 5.74) is 0.655. The maximum Gasteiger partial charge on any atom is 0.308 e. The molecule has 2 N–H and O–H groups in total. The third kappa shape index (κ3) is 4.80. The van der Waals surface area contributed by atoms with Crippen molar-refractivity contribution in [2.45, 2.75) is 51.9 Å². The minimum absolute atomic E-state index is 0.109. The van der Waals surface area contributed by atoms with E-state index in [1.807, 2.05) is 0 Å². The zero-order valence-electron chi connectivity index (χ0n) is 17.0. The number of carbonyl (C=O) groups is 3. The second kappa shape index (κ2) is 8.17. The van der Waals surface area contributed by atoms with Crippen LogP contribution in [0.3, 0.4) is 0 Å². The number of rotatable bonds is 7. The lowest BCUT2D eigenvalue weighted by Gasteiger charge is -2.56. The van der Waals surface area contributed by atoms with E-state index in [0.717, 1.165) is 17.8 Å². The van der Waals surface area contributed by atoms with Gasteiger partial charge in [-0.15, -0.1) is 0 Å². The average molecular weight is 399 g/mol. The molecule has 6 nitrogen and oxygen atoms in total. The highest BCUT2D eigenvalue weighted by Gasteiger charge is 2.51. The van der Waals surface area contributed by atoms with E-state index in [0.29, 0.717) is 30.8 Å². The molecular weight excluding hydrogens is 368 g/mol. The third-order valence-electron chi connectivity index (χ3n) is 6.79. The van der Waals surface area contributed by atoms with E-state index in [2.05, 4.69) is 10.6 Å². The molecule has 0 aromatic heterocycles. The molecule has 29 heavy (non-hydrogen) atoms. The Bertz CT molecular complexity index is 769. The number of hydrogen-bond donors (Lipinski definition) is 2. The molecule has 0 spiro atoms. The molecule has 0 atom stereocenters. The first-order valence-corrected chi connectivity index (χ1v) is 10.7. The van der Waals surface area contributed by atoms with Crippen molar-refractivity contribution in [1.82, 2.24) is 10.6 Å². The molecule has 0 unspecified atom stereocenters. The van der Waals surface area contributed by atoms with Crippen LogP contribution in [-0.2, 0) is 9.59 Å². The molecule has 156 valence electrons. The average Bonchev–Trinajstić information content (AvgIpc) is 2.63. The Labute approximate surface area is 171 Å². The molecule has 4 bridgehead atoms. The summed E-state index contributed by atoms with van der Waals surface area (Å²) in [4.78, 5) is 35.8. The first-order valence-electron chi connectivity index (χ1n) is 10.7. The maximum absolute atomic E-state index is 12.5. The van der Waals surface area contributed by atoms with Gasteiger partial charge in [0, 0.05) is 32.0 Å². The summed E-state index contributed by atoms with van der Waals surface area (Å²) >= 11 is 0. The van der Waals surface area contributed by atoms with Gasteiger partial charge in [-0.05, 0) is 79.9 Å². The van der Waals surface area contributed by atoms with Crippen molar-refractivity contribution in [2.24, 2.45) is 23.2 Å². The van der Waals surface area contributed by atoms with Crippen LogP contribution in [0.15, 0.2) is 24.3 Å². The lowest BCUT2D eigenvalue weighted by molar-refractivity contribution is -0.132. The van der Waals surface area contributed by atoms with Crippen LogP contribution in [0.4, 0.5) is 0 Å². The van der Waals surface area contributed by atoms with Crippen LogP contribution >= 0.6 is 0 Å². The molecule has 2 amide bonds. The summed E-state index contributed by atoms with van der Waals surface area (Å²) in [6, 6.07) is 6.49. The van der Waals surface area contributed by atoms with Gasteiger partial charge < -0.3 is 15.4 Å². The molecule has 4 aliphatic carbocycles. The Balaban J connectivity index is 1.20. The minimum Gasteiger partial charge on any atom is -0.427 e. The minimum atomic E-state index is -0.427. The smallest absolute Gasteiger partial charge is 0.308 e. The summed E-state index contributed by atoms with van der Waals surface area (Å²) in [7, 11) is 0. The Hall–Kier alpha value is -2.37. The lowest BCUT2D eigenvalue weighted by Crippen LogP contribution is -2.48. The topological polar surface area (TPSA) is 84.5 Å². The molecule has 6 heteroatoms. The van der Waals surface area contributed by atoms with Gasteiger partial charge in [-0.25, -0.2) is 0 Å². The van der Waals surface area contributed by atoms with Crippen molar-refractivity contribution in [3.63, 3.8) is 0 Å². The van der Waals surface area contributed by atoms with E-state index >= 15 is 0 Å². The van der Waals surface area contributed by atoms with Crippen molar-refractivity contribution in [1.29, 1.82) is 0 Å². The third-order valence-corrected chi connectivity index (χ3v) is 6.79. The van der Waals surface area contributed by atoms with Crippen LogP contribution in [0.25, 0.3) is 0 Å². The molecule has 1 aromatic rings. The van der Waals surface area contributed by atoms with E-state index in [-0.39, 0.29) is 17.2 Å². The Morgan fingerprint density at radius 1 is 1.00 bits per heavy atom. The molecule has 1 aromatic carbocycles. The monoisotopic (exact) mass is 398 g/mol. The Morgan fingerprint density at radius 3 is 2.24 bits per heavy atom. The van der Waals surface area contributed by atoms with Crippen molar-refractivity contribution >= 4 is 17.8 Å². The van der Waals surface area contributed by atoms with Gasteiger partial charge in [-0.3, -0.25) is 14.4 Å². The first kappa shape index (κ1) is 19.9. The van der Waals surface area contributed by atoms with Crippen LogP contribution in [0.1, 0.15) is 62.2 Å². The molecule has 4 saturated carbocycles. The van der Waals surface area contributed by atoms with E-state index in [1.165, 1.54) is 51.5 Å². The fourth-order valence-corrected chi connectivity index (χ4v) is 6.26. The van der Waals surface area contributed by atoms with E-state index < -0.39 is 5.97 Å². The second-order valence-corrected chi connectivity index (χ2v) is 9.32. The Kier molecular flexibility index (Phi) is 5.61. The predicted molar refractivity (Wildman–Crippen MR) is 108 cm³/mol. The fourth-order valence-electron chi connectivity index (χ4n) is 6.26. The number of ether oxygens (including phenoxy) is 1. The molecule has 4 aliphatic rings. The number of benzene rings is 1. The van der Waals surface area contributed by atoms with Crippen molar-refractivity contribution in [3.8, 4) is 5.75 Å². The van der Waals surface area contributed by atoms with Gasteiger partial charge in [0.1, 0.15) is 5.75 Å². The zero-order chi connectivity index (χ0) is 20.4. The summed E-state index contributed by atoms with van der Waals surface area (Å²) in [6.45, 7) is 2.10. The molecule has 5 rings (SSSR count). The van der Waals surface area contributed by atoms with Crippen molar-refractivity contribution in [3.05, 3.63) is 29.8 Å². The van der Waals surface area contributed by atoms with Crippen LogP contribution in [0, 0.1) is 23.2 Å². The molecule has 4 fully saturated rings. The standard InChI is InChI=1S/C23H30N2O4/c1-15(26)29-20-4-2-3-19(10-20)22(28)25-6-5-24-21(27)14-23-11-16-7-17(12-23)9-18(8-16)13-23/h2-4,10,16-18H,5-9,11-14H2,1H3,(H,24,27)(H,25,28). The van der Waals surface area contributed by atoms with Gasteiger partial charge in [0.2, 0.25) is 5.91 Å².